The third-order valence-electron chi connectivity index (χ3n) is 4.56. The molecule has 2 amide bonds. The second kappa shape index (κ2) is 8.08. The fraction of sp³-hybridized carbons (Fsp3) is 0.350. The molecule has 1 N–H and O–H groups in total. The molecule has 0 saturated carbocycles. The van der Waals surface area contributed by atoms with Gasteiger partial charge in [0, 0.05) is 19.7 Å². The zero-order chi connectivity index (χ0) is 18.5. The van der Waals surface area contributed by atoms with Crippen molar-refractivity contribution < 1.29 is 14.0 Å². The number of pyridine rings is 1. The van der Waals surface area contributed by atoms with Gasteiger partial charge < -0.3 is 10.2 Å². The van der Waals surface area contributed by atoms with Crippen molar-refractivity contribution >= 4 is 11.8 Å². The first kappa shape index (κ1) is 18.0. The first-order valence-corrected chi connectivity index (χ1v) is 8.76. The summed E-state index contributed by atoms with van der Waals surface area (Å²) in [7, 11) is 0. The largest absolute Gasteiger partial charge is 0.351 e. The van der Waals surface area contributed by atoms with E-state index in [1.165, 1.54) is 19.1 Å². The van der Waals surface area contributed by atoms with Crippen LogP contribution in [0.3, 0.4) is 0 Å². The topological polar surface area (TPSA) is 62.3 Å². The van der Waals surface area contributed by atoms with Gasteiger partial charge in [-0.25, -0.2) is 4.39 Å². The second-order valence-electron chi connectivity index (χ2n) is 6.54. The van der Waals surface area contributed by atoms with Crippen molar-refractivity contribution in [1.82, 2.24) is 15.2 Å². The number of halogens is 1. The molecule has 2 aromatic rings. The Kier molecular flexibility index (Phi) is 5.61. The van der Waals surface area contributed by atoms with Gasteiger partial charge >= 0.3 is 0 Å². The van der Waals surface area contributed by atoms with E-state index in [9.17, 15) is 14.0 Å². The van der Waals surface area contributed by atoms with Gasteiger partial charge in [0.25, 0.3) is 0 Å². The summed E-state index contributed by atoms with van der Waals surface area (Å²) in [5.74, 6) is -0.437. The van der Waals surface area contributed by atoms with Crippen LogP contribution in [0.5, 0.6) is 0 Å². The van der Waals surface area contributed by atoms with Gasteiger partial charge in [0.05, 0.1) is 24.7 Å². The zero-order valence-electron chi connectivity index (χ0n) is 14.7. The Morgan fingerprint density at radius 2 is 2.15 bits per heavy atom. The lowest BCUT2D eigenvalue weighted by Crippen LogP contribution is -2.32. The minimum atomic E-state index is -0.329. The fourth-order valence-electron chi connectivity index (χ4n) is 3.35. The average molecular weight is 355 g/mol. The van der Waals surface area contributed by atoms with Crippen LogP contribution in [0.25, 0.3) is 0 Å². The number of nitrogens with one attached hydrogen (secondary N) is 1. The smallest absolute Gasteiger partial charge is 0.227 e. The minimum absolute atomic E-state index is 0.00155. The lowest BCUT2D eigenvalue weighted by Gasteiger charge is -2.25. The SMILES string of the molecule is CC(=O)NCc1cc(C2CCCN2C(=O)Cc2cccc(F)c2)ccn1. The summed E-state index contributed by atoms with van der Waals surface area (Å²) in [4.78, 5) is 30.0. The molecule has 1 fully saturated rings. The number of hydrogen-bond acceptors (Lipinski definition) is 3. The molecule has 3 rings (SSSR count). The predicted molar refractivity (Wildman–Crippen MR) is 95.5 cm³/mol. The van der Waals surface area contributed by atoms with E-state index in [0.717, 1.165) is 24.1 Å². The molecule has 0 radical (unpaired) electrons. The van der Waals surface area contributed by atoms with E-state index in [1.807, 2.05) is 17.0 Å². The van der Waals surface area contributed by atoms with Crippen LogP contribution in [0.2, 0.25) is 0 Å². The molecule has 26 heavy (non-hydrogen) atoms. The molecule has 1 saturated heterocycles. The van der Waals surface area contributed by atoms with Crippen LogP contribution >= 0.6 is 0 Å². The van der Waals surface area contributed by atoms with Gasteiger partial charge in [-0.05, 0) is 48.2 Å². The summed E-state index contributed by atoms with van der Waals surface area (Å²) >= 11 is 0. The molecule has 5 nitrogen and oxygen atoms in total. The molecule has 1 aromatic carbocycles. The van der Waals surface area contributed by atoms with Gasteiger partial charge in [-0.15, -0.1) is 0 Å². The molecular weight excluding hydrogens is 333 g/mol. The molecule has 1 aromatic heterocycles. The van der Waals surface area contributed by atoms with Crippen molar-refractivity contribution in [2.24, 2.45) is 0 Å². The van der Waals surface area contributed by atoms with Crippen LogP contribution in [0.1, 0.15) is 42.6 Å². The first-order valence-electron chi connectivity index (χ1n) is 8.76. The number of likely N-dealkylation sites (tertiary alicyclic amines) is 1. The second-order valence-corrected chi connectivity index (χ2v) is 6.54. The van der Waals surface area contributed by atoms with E-state index in [2.05, 4.69) is 10.3 Å². The van der Waals surface area contributed by atoms with Gasteiger partial charge in [0.1, 0.15) is 5.82 Å². The number of amides is 2. The van der Waals surface area contributed by atoms with Crippen molar-refractivity contribution in [2.75, 3.05) is 6.54 Å². The van der Waals surface area contributed by atoms with Gasteiger partial charge in [-0.3, -0.25) is 14.6 Å². The maximum absolute atomic E-state index is 13.3. The van der Waals surface area contributed by atoms with Crippen molar-refractivity contribution in [3.8, 4) is 0 Å². The van der Waals surface area contributed by atoms with Crippen LogP contribution in [-0.2, 0) is 22.6 Å². The zero-order valence-corrected chi connectivity index (χ0v) is 14.7. The van der Waals surface area contributed by atoms with Crippen molar-refractivity contribution in [3.63, 3.8) is 0 Å². The molecule has 1 aliphatic heterocycles. The molecular formula is C20H22FN3O2. The Morgan fingerprint density at radius 3 is 2.92 bits per heavy atom. The van der Waals surface area contributed by atoms with Crippen molar-refractivity contribution in [1.29, 1.82) is 0 Å². The molecule has 6 heteroatoms. The highest BCUT2D eigenvalue weighted by Gasteiger charge is 2.30. The number of benzene rings is 1. The van der Waals surface area contributed by atoms with E-state index in [1.54, 1.807) is 18.3 Å². The lowest BCUT2D eigenvalue weighted by molar-refractivity contribution is -0.131. The quantitative estimate of drug-likeness (QED) is 0.897. The first-order chi connectivity index (χ1) is 12.5. The predicted octanol–water partition coefficient (Wildman–Crippen LogP) is 2.76. The summed E-state index contributed by atoms with van der Waals surface area (Å²) in [6.45, 7) is 2.53. The van der Waals surface area contributed by atoms with E-state index in [4.69, 9.17) is 0 Å². The highest BCUT2D eigenvalue weighted by atomic mass is 19.1. The molecule has 1 atom stereocenters. The Bertz CT molecular complexity index is 809. The van der Waals surface area contributed by atoms with E-state index in [0.29, 0.717) is 18.7 Å². The summed E-state index contributed by atoms with van der Waals surface area (Å²) < 4.78 is 13.3. The highest BCUT2D eigenvalue weighted by molar-refractivity contribution is 5.79. The average Bonchev–Trinajstić information content (AvgIpc) is 3.10. The highest BCUT2D eigenvalue weighted by Crippen LogP contribution is 2.32. The van der Waals surface area contributed by atoms with E-state index in [-0.39, 0.29) is 30.1 Å². The van der Waals surface area contributed by atoms with Crippen molar-refractivity contribution in [2.45, 2.75) is 38.8 Å². The third kappa shape index (κ3) is 4.45. The number of nitrogens with zero attached hydrogens (tertiary/aromatic N) is 2. The van der Waals surface area contributed by atoms with E-state index >= 15 is 0 Å². The standard InChI is InChI=1S/C20H22FN3O2/c1-14(25)23-13-18-12-16(7-8-22-18)19-6-3-9-24(19)20(26)11-15-4-2-5-17(21)10-15/h2,4-5,7-8,10,12,19H,3,6,9,11,13H2,1H3,(H,23,25). The number of carbonyl (C=O) groups excluding carboxylic acids is 2. The summed E-state index contributed by atoms with van der Waals surface area (Å²) in [6, 6.07) is 10.0. The number of hydrogen-bond donors (Lipinski definition) is 1. The molecule has 1 unspecified atom stereocenters. The molecule has 0 aliphatic carbocycles. The van der Waals surface area contributed by atoms with Crippen LogP contribution in [-0.4, -0.2) is 28.2 Å². The Labute approximate surface area is 152 Å². The Hall–Kier alpha value is -2.76. The summed E-state index contributed by atoms with van der Waals surface area (Å²) in [6.07, 6.45) is 3.72. The van der Waals surface area contributed by atoms with Crippen LogP contribution in [0, 0.1) is 5.82 Å². The van der Waals surface area contributed by atoms with Crippen LogP contribution in [0.15, 0.2) is 42.6 Å². The number of rotatable bonds is 5. The molecule has 2 heterocycles. The van der Waals surface area contributed by atoms with Gasteiger partial charge in [-0.2, -0.15) is 0 Å². The number of aromatic nitrogens is 1. The van der Waals surface area contributed by atoms with Gasteiger partial charge in [0.2, 0.25) is 11.8 Å². The molecule has 136 valence electrons. The maximum Gasteiger partial charge on any atom is 0.227 e. The van der Waals surface area contributed by atoms with E-state index < -0.39 is 0 Å². The molecule has 0 bridgehead atoms. The fourth-order valence-corrected chi connectivity index (χ4v) is 3.35. The monoisotopic (exact) mass is 355 g/mol. The number of carbonyl (C=O) groups is 2. The van der Waals surface area contributed by atoms with Crippen LogP contribution < -0.4 is 5.32 Å². The Balaban J connectivity index is 1.72. The summed E-state index contributed by atoms with van der Waals surface area (Å²) in [5, 5.41) is 2.73. The third-order valence-corrected chi connectivity index (χ3v) is 4.56. The molecule has 1 aliphatic rings. The maximum atomic E-state index is 13.3. The minimum Gasteiger partial charge on any atom is -0.351 e. The van der Waals surface area contributed by atoms with Crippen LogP contribution in [0.4, 0.5) is 4.39 Å². The normalized spacial score (nSPS) is 16.5. The summed E-state index contributed by atoms with van der Waals surface area (Å²) in [5.41, 5.74) is 2.47. The van der Waals surface area contributed by atoms with Gasteiger partial charge in [0.15, 0.2) is 0 Å². The van der Waals surface area contributed by atoms with Gasteiger partial charge in [-0.1, -0.05) is 12.1 Å². The molecule has 0 spiro atoms. The Morgan fingerprint density at radius 1 is 1.31 bits per heavy atom. The van der Waals surface area contributed by atoms with Crippen molar-refractivity contribution in [3.05, 3.63) is 65.2 Å². The lowest BCUT2D eigenvalue weighted by atomic mass is 10.0.